The van der Waals surface area contributed by atoms with E-state index in [1.54, 1.807) is 11.3 Å². The first-order chi connectivity index (χ1) is 10.8. The molecule has 1 aromatic rings. The molecule has 2 N–H and O–H groups in total. The van der Waals surface area contributed by atoms with Crippen molar-refractivity contribution < 1.29 is 0 Å². The Morgan fingerprint density at radius 2 is 2.09 bits per heavy atom. The lowest BCUT2D eigenvalue weighted by molar-refractivity contribution is 0.232. The number of hydrogen-bond acceptors (Lipinski definition) is 4. The van der Waals surface area contributed by atoms with Gasteiger partial charge in [0, 0.05) is 25.0 Å². The van der Waals surface area contributed by atoms with Gasteiger partial charge in [-0.1, -0.05) is 13.3 Å². The highest BCUT2D eigenvalue weighted by Crippen LogP contribution is 2.10. The first-order valence-corrected chi connectivity index (χ1v) is 9.37. The van der Waals surface area contributed by atoms with Gasteiger partial charge in [0.05, 0.1) is 17.2 Å². The molecular formula is C16H29N5S. The second kappa shape index (κ2) is 9.79. The Morgan fingerprint density at radius 1 is 1.27 bits per heavy atom. The van der Waals surface area contributed by atoms with Crippen molar-refractivity contribution in [2.24, 2.45) is 4.99 Å². The van der Waals surface area contributed by atoms with Gasteiger partial charge in [-0.05, 0) is 39.3 Å². The maximum absolute atomic E-state index is 4.63. The minimum absolute atomic E-state index is 0.648. The lowest BCUT2D eigenvalue weighted by atomic mass is 10.1. The fraction of sp³-hybridized carbons (Fsp3) is 0.750. The predicted molar refractivity (Wildman–Crippen MR) is 94.6 cm³/mol. The number of nitrogens with one attached hydrogen (secondary N) is 2. The number of guanidine groups is 1. The lowest BCUT2D eigenvalue weighted by Crippen LogP contribution is -2.42. The van der Waals surface area contributed by atoms with Crippen LogP contribution in [0.15, 0.2) is 10.4 Å². The van der Waals surface area contributed by atoms with Crippen molar-refractivity contribution in [3.8, 4) is 0 Å². The molecule has 22 heavy (non-hydrogen) atoms. The smallest absolute Gasteiger partial charge is 0.191 e. The van der Waals surface area contributed by atoms with Gasteiger partial charge < -0.3 is 15.5 Å². The molecule has 1 aromatic heterocycles. The third-order valence-corrected chi connectivity index (χ3v) is 4.86. The molecule has 0 spiro atoms. The first-order valence-electron chi connectivity index (χ1n) is 8.49. The summed E-state index contributed by atoms with van der Waals surface area (Å²) >= 11 is 1.72. The Labute approximate surface area is 138 Å². The van der Waals surface area contributed by atoms with Crippen LogP contribution in [0.4, 0.5) is 0 Å². The Morgan fingerprint density at radius 3 is 2.77 bits per heavy atom. The van der Waals surface area contributed by atoms with Crippen molar-refractivity contribution in [2.75, 3.05) is 32.7 Å². The van der Waals surface area contributed by atoms with Crippen molar-refractivity contribution in [3.05, 3.63) is 16.1 Å². The van der Waals surface area contributed by atoms with Gasteiger partial charge in [-0.25, -0.2) is 9.98 Å². The molecule has 6 heteroatoms. The van der Waals surface area contributed by atoms with Crippen LogP contribution in [0, 0.1) is 0 Å². The lowest BCUT2D eigenvalue weighted by Gasteiger charge is -2.26. The highest BCUT2D eigenvalue weighted by molar-refractivity contribution is 7.09. The average Bonchev–Trinajstić information content (AvgIpc) is 3.02. The molecule has 124 valence electrons. The topological polar surface area (TPSA) is 52.6 Å². The van der Waals surface area contributed by atoms with Crippen LogP contribution < -0.4 is 10.6 Å². The van der Waals surface area contributed by atoms with Gasteiger partial charge in [-0.2, -0.15) is 0 Å². The number of aromatic nitrogens is 1. The minimum atomic E-state index is 0.648. The number of likely N-dealkylation sites (tertiary alicyclic amines) is 1. The summed E-state index contributed by atoms with van der Waals surface area (Å²) < 4.78 is 0. The molecular weight excluding hydrogens is 294 g/mol. The van der Waals surface area contributed by atoms with Gasteiger partial charge in [0.15, 0.2) is 5.96 Å². The molecule has 0 bridgehead atoms. The Kier molecular flexibility index (Phi) is 7.66. The van der Waals surface area contributed by atoms with E-state index < -0.39 is 0 Å². The number of piperidine rings is 1. The summed E-state index contributed by atoms with van der Waals surface area (Å²) in [5, 5.41) is 10.0. The third kappa shape index (κ3) is 5.93. The van der Waals surface area contributed by atoms with E-state index in [-0.39, 0.29) is 0 Å². The fourth-order valence-corrected chi connectivity index (χ4v) is 3.34. The van der Waals surface area contributed by atoms with E-state index in [0.29, 0.717) is 6.54 Å². The normalized spacial score (nSPS) is 16.7. The number of aliphatic imine (C=N–C) groups is 1. The highest BCUT2D eigenvalue weighted by atomic mass is 32.1. The summed E-state index contributed by atoms with van der Waals surface area (Å²) in [6.07, 6.45) is 5.08. The van der Waals surface area contributed by atoms with Crippen molar-refractivity contribution in [1.82, 2.24) is 20.5 Å². The average molecular weight is 324 g/mol. The first kappa shape index (κ1) is 17.2. The molecule has 1 aliphatic heterocycles. The van der Waals surface area contributed by atoms with E-state index in [1.165, 1.54) is 37.4 Å². The molecule has 0 atom stereocenters. The van der Waals surface area contributed by atoms with Crippen molar-refractivity contribution >= 4 is 17.3 Å². The minimum Gasteiger partial charge on any atom is -0.357 e. The summed E-state index contributed by atoms with van der Waals surface area (Å²) in [6.45, 7) is 10.3. The predicted octanol–water partition coefficient (Wildman–Crippen LogP) is 2.25. The summed E-state index contributed by atoms with van der Waals surface area (Å²) in [5.74, 6) is 0.894. The van der Waals surface area contributed by atoms with Crippen molar-refractivity contribution in [2.45, 2.75) is 46.1 Å². The molecule has 0 aliphatic carbocycles. The molecule has 0 saturated carbocycles. The zero-order valence-corrected chi connectivity index (χ0v) is 14.7. The van der Waals surface area contributed by atoms with E-state index >= 15 is 0 Å². The Bertz CT molecular complexity index is 451. The SMILES string of the molecule is CCNC(=NCc1csc(CC)n1)NCCN1CCCCC1. The summed E-state index contributed by atoms with van der Waals surface area (Å²) in [5.41, 5.74) is 1.06. The number of nitrogens with zero attached hydrogens (tertiary/aromatic N) is 3. The molecule has 0 radical (unpaired) electrons. The van der Waals surface area contributed by atoms with Gasteiger partial charge in [0.1, 0.15) is 0 Å². The molecule has 1 saturated heterocycles. The number of rotatable bonds is 7. The molecule has 2 heterocycles. The van der Waals surface area contributed by atoms with Crippen LogP contribution in [0.5, 0.6) is 0 Å². The van der Waals surface area contributed by atoms with E-state index in [4.69, 9.17) is 0 Å². The van der Waals surface area contributed by atoms with Gasteiger partial charge in [-0.3, -0.25) is 0 Å². The van der Waals surface area contributed by atoms with Crippen LogP contribution in [0.1, 0.15) is 43.8 Å². The quantitative estimate of drug-likeness (QED) is 0.597. The van der Waals surface area contributed by atoms with E-state index in [2.05, 4.69) is 44.7 Å². The largest absolute Gasteiger partial charge is 0.357 e. The van der Waals surface area contributed by atoms with Crippen LogP contribution in [-0.4, -0.2) is 48.6 Å². The molecule has 5 nitrogen and oxygen atoms in total. The standard InChI is InChI=1S/C16H29N5S/c1-3-15-20-14(13-22-15)12-19-16(17-4-2)18-8-11-21-9-6-5-7-10-21/h13H,3-12H2,1-2H3,(H2,17,18,19). The van der Waals surface area contributed by atoms with Crippen LogP contribution in [0.3, 0.4) is 0 Å². The molecule has 0 amide bonds. The Hall–Kier alpha value is -1.14. The van der Waals surface area contributed by atoms with E-state index in [9.17, 15) is 0 Å². The monoisotopic (exact) mass is 323 g/mol. The van der Waals surface area contributed by atoms with Gasteiger partial charge in [0.2, 0.25) is 0 Å². The zero-order chi connectivity index (χ0) is 15.6. The second-order valence-corrected chi connectivity index (χ2v) is 6.55. The number of aryl methyl sites for hydroxylation is 1. The van der Waals surface area contributed by atoms with Crippen LogP contribution in [-0.2, 0) is 13.0 Å². The fourth-order valence-electron chi connectivity index (χ4n) is 2.60. The number of hydrogen-bond donors (Lipinski definition) is 2. The van der Waals surface area contributed by atoms with E-state index in [0.717, 1.165) is 37.7 Å². The maximum Gasteiger partial charge on any atom is 0.191 e. The molecule has 0 unspecified atom stereocenters. The summed E-state index contributed by atoms with van der Waals surface area (Å²) in [4.78, 5) is 11.7. The van der Waals surface area contributed by atoms with Crippen LogP contribution in [0.25, 0.3) is 0 Å². The van der Waals surface area contributed by atoms with Crippen LogP contribution >= 0.6 is 11.3 Å². The van der Waals surface area contributed by atoms with Crippen molar-refractivity contribution in [1.29, 1.82) is 0 Å². The maximum atomic E-state index is 4.63. The highest BCUT2D eigenvalue weighted by Gasteiger charge is 2.09. The molecule has 2 rings (SSSR count). The van der Waals surface area contributed by atoms with Crippen molar-refractivity contribution in [3.63, 3.8) is 0 Å². The summed E-state index contributed by atoms with van der Waals surface area (Å²) in [6, 6.07) is 0. The molecule has 1 aliphatic rings. The molecule has 0 aromatic carbocycles. The number of thiazole rings is 1. The second-order valence-electron chi connectivity index (χ2n) is 5.61. The molecule has 1 fully saturated rings. The van der Waals surface area contributed by atoms with E-state index in [1.807, 2.05) is 0 Å². The van der Waals surface area contributed by atoms with Crippen LogP contribution in [0.2, 0.25) is 0 Å². The zero-order valence-electron chi connectivity index (χ0n) is 13.9. The summed E-state index contributed by atoms with van der Waals surface area (Å²) in [7, 11) is 0. The third-order valence-electron chi connectivity index (χ3n) is 3.81. The Balaban J connectivity index is 1.76. The van der Waals surface area contributed by atoms with Gasteiger partial charge in [0.25, 0.3) is 0 Å². The van der Waals surface area contributed by atoms with Gasteiger partial charge >= 0.3 is 0 Å². The van der Waals surface area contributed by atoms with Gasteiger partial charge in [-0.15, -0.1) is 11.3 Å².